The SMILES string of the molecule is CCNC(=NCC1(N(C)C)CCOCC1)NC1CCN(CC(=O)NC)CC1.I. The molecule has 3 N–H and O–H groups in total. The van der Waals surface area contributed by atoms with Crippen LogP contribution in [0.25, 0.3) is 0 Å². The molecule has 0 unspecified atom stereocenters. The van der Waals surface area contributed by atoms with Gasteiger partial charge in [-0.2, -0.15) is 0 Å². The summed E-state index contributed by atoms with van der Waals surface area (Å²) in [6, 6.07) is 0.397. The van der Waals surface area contributed by atoms with Gasteiger partial charge in [-0.15, -0.1) is 24.0 Å². The van der Waals surface area contributed by atoms with Crippen molar-refractivity contribution in [2.24, 2.45) is 4.99 Å². The summed E-state index contributed by atoms with van der Waals surface area (Å²) in [7, 11) is 5.97. The maximum atomic E-state index is 11.5. The van der Waals surface area contributed by atoms with E-state index in [-0.39, 0.29) is 35.4 Å². The number of nitrogens with one attached hydrogen (secondary N) is 3. The molecule has 0 radical (unpaired) electrons. The van der Waals surface area contributed by atoms with Crippen molar-refractivity contribution < 1.29 is 9.53 Å². The Hall–Kier alpha value is -0.650. The maximum absolute atomic E-state index is 11.5. The summed E-state index contributed by atoms with van der Waals surface area (Å²) in [5.74, 6) is 0.983. The molecule has 1 amide bonds. The molecular formula is C19H39IN6O2. The van der Waals surface area contributed by atoms with Gasteiger partial charge in [0.1, 0.15) is 0 Å². The molecule has 2 fully saturated rings. The van der Waals surface area contributed by atoms with Crippen LogP contribution in [0.3, 0.4) is 0 Å². The lowest BCUT2D eigenvalue weighted by Gasteiger charge is -2.42. The van der Waals surface area contributed by atoms with Crippen LogP contribution in [0, 0.1) is 0 Å². The summed E-state index contributed by atoms with van der Waals surface area (Å²) < 4.78 is 5.56. The van der Waals surface area contributed by atoms with E-state index < -0.39 is 0 Å². The molecule has 0 aliphatic carbocycles. The van der Waals surface area contributed by atoms with Crippen LogP contribution in [0.4, 0.5) is 0 Å². The van der Waals surface area contributed by atoms with Gasteiger partial charge in [-0.25, -0.2) is 0 Å². The number of likely N-dealkylation sites (tertiary alicyclic amines) is 1. The summed E-state index contributed by atoms with van der Waals surface area (Å²) >= 11 is 0. The van der Waals surface area contributed by atoms with Crippen molar-refractivity contribution in [3.63, 3.8) is 0 Å². The standard InChI is InChI=1S/C19H38N6O2.HI/c1-5-21-18(22-15-19(24(3)4)8-12-27-13-9-19)23-16-6-10-25(11-7-16)14-17(26)20-2;/h16H,5-15H2,1-4H3,(H,20,26)(H2,21,22,23);1H. The monoisotopic (exact) mass is 510 g/mol. The second-order valence-electron chi connectivity index (χ2n) is 7.79. The van der Waals surface area contributed by atoms with Crippen LogP contribution >= 0.6 is 24.0 Å². The average Bonchev–Trinajstić information content (AvgIpc) is 2.68. The molecule has 8 nitrogen and oxygen atoms in total. The van der Waals surface area contributed by atoms with Crippen LogP contribution < -0.4 is 16.0 Å². The zero-order valence-electron chi connectivity index (χ0n) is 17.9. The number of hydrogen-bond donors (Lipinski definition) is 3. The van der Waals surface area contributed by atoms with E-state index >= 15 is 0 Å². The molecule has 0 atom stereocenters. The number of piperidine rings is 1. The van der Waals surface area contributed by atoms with Crippen molar-refractivity contribution in [3.05, 3.63) is 0 Å². The summed E-state index contributed by atoms with van der Waals surface area (Å²) in [5.41, 5.74) is 0.0808. The molecule has 0 spiro atoms. The van der Waals surface area contributed by atoms with E-state index in [9.17, 15) is 4.79 Å². The Morgan fingerprint density at radius 3 is 2.43 bits per heavy atom. The smallest absolute Gasteiger partial charge is 0.233 e. The second kappa shape index (κ2) is 12.8. The first kappa shape index (κ1) is 25.4. The minimum Gasteiger partial charge on any atom is -0.381 e. The van der Waals surface area contributed by atoms with E-state index in [0.717, 1.165) is 71.0 Å². The van der Waals surface area contributed by atoms with Gasteiger partial charge in [0.2, 0.25) is 5.91 Å². The number of nitrogens with zero attached hydrogens (tertiary/aromatic N) is 3. The van der Waals surface area contributed by atoms with Gasteiger partial charge in [-0.1, -0.05) is 0 Å². The Bertz CT molecular complexity index is 489. The molecule has 0 aromatic carbocycles. The summed E-state index contributed by atoms with van der Waals surface area (Å²) in [4.78, 5) is 21.0. The van der Waals surface area contributed by atoms with E-state index in [1.807, 2.05) is 0 Å². The van der Waals surface area contributed by atoms with Gasteiger partial charge < -0.3 is 25.6 Å². The van der Waals surface area contributed by atoms with Crippen molar-refractivity contribution in [3.8, 4) is 0 Å². The lowest BCUT2D eigenvalue weighted by molar-refractivity contribution is -0.122. The fraction of sp³-hybridized carbons (Fsp3) is 0.895. The summed E-state index contributed by atoms with van der Waals surface area (Å²) in [6.07, 6.45) is 4.07. The number of carbonyl (C=O) groups is 1. The van der Waals surface area contributed by atoms with E-state index in [1.54, 1.807) is 7.05 Å². The van der Waals surface area contributed by atoms with Crippen molar-refractivity contribution in [1.29, 1.82) is 0 Å². The number of hydrogen-bond acceptors (Lipinski definition) is 5. The van der Waals surface area contributed by atoms with Gasteiger partial charge in [-0.05, 0) is 46.7 Å². The minimum absolute atomic E-state index is 0. The van der Waals surface area contributed by atoms with Gasteiger partial charge in [0.25, 0.3) is 0 Å². The fourth-order valence-electron chi connectivity index (χ4n) is 3.76. The van der Waals surface area contributed by atoms with Gasteiger partial charge >= 0.3 is 0 Å². The van der Waals surface area contributed by atoms with Gasteiger partial charge in [0.05, 0.1) is 13.1 Å². The van der Waals surface area contributed by atoms with Gasteiger partial charge in [0.15, 0.2) is 5.96 Å². The Balaban J connectivity index is 0.00000392. The molecule has 0 bridgehead atoms. The van der Waals surface area contributed by atoms with E-state index in [2.05, 4.69) is 46.8 Å². The zero-order valence-corrected chi connectivity index (χ0v) is 20.3. The average molecular weight is 510 g/mol. The first-order valence-electron chi connectivity index (χ1n) is 10.2. The Morgan fingerprint density at radius 1 is 1.25 bits per heavy atom. The molecule has 2 heterocycles. The molecule has 0 aromatic heterocycles. The van der Waals surface area contributed by atoms with Gasteiger partial charge in [0, 0.05) is 51.5 Å². The molecular weight excluding hydrogens is 471 g/mol. The van der Waals surface area contributed by atoms with E-state index in [0.29, 0.717) is 12.6 Å². The van der Waals surface area contributed by atoms with E-state index in [4.69, 9.17) is 9.73 Å². The van der Waals surface area contributed by atoms with Crippen LogP contribution in [0.15, 0.2) is 4.99 Å². The predicted octanol–water partition coefficient (Wildman–Crippen LogP) is 0.481. The molecule has 164 valence electrons. The number of aliphatic imine (C=N–C) groups is 1. The molecule has 9 heteroatoms. The van der Waals surface area contributed by atoms with Crippen molar-refractivity contribution in [1.82, 2.24) is 25.8 Å². The highest BCUT2D eigenvalue weighted by Gasteiger charge is 2.34. The molecule has 2 saturated heterocycles. The van der Waals surface area contributed by atoms with Crippen LogP contribution in [-0.4, -0.2) is 100 Å². The van der Waals surface area contributed by atoms with Crippen LogP contribution in [0.1, 0.15) is 32.6 Å². The molecule has 2 aliphatic heterocycles. The van der Waals surface area contributed by atoms with Crippen molar-refractivity contribution in [2.45, 2.75) is 44.2 Å². The molecule has 2 aliphatic rings. The third-order valence-electron chi connectivity index (χ3n) is 5.82. The highest BCUT2D eigenvalue weighted by molar-refractivity contribution is 14.0. The maximum Gasteiger partial charge on any atom is 0.233 e. The number of amides is 1. The third kappa shape index (κ3) is 7.64. The topological polar surface area (TPSA) is 81.2 Å². The highest BCUT2D eigenvalue weighted by Crippen LogP contribution is 2.26. The largest absolute Gasteiger partial charge is 0.381 e. The second-order valence-corrected chi connectivity index (χ2v) is 7.79. The Labute approximate surface area is 187 Å². The summed E-state index contributed by atoms with van der Waals surface area (Å²) in [6.45, 7) is 7.69. The molecule has 28 heavy (non-hydrogen) atoms. The number of ether oxygens (including phenoxy) is 1. The predicted molar refractivity (Wildman–Crippen MR) is 125 cm³/mol. The zero-order chi connectivity index (χ0) is 19.7. The first-order chi connectivity index (χ1) is 13.0. The molecule has 0 aromatic rings. The lowest BCUT2D eigenvalue weighted by Crippen LogP contribution is -2.53. The number of carbonyl (C=O) groups excluding carboxylic acids is 1. The van der Waals surface area contributed by atoms with Crippen LogP contribution in [0.5, 0.6) is 0 Å². The first-order valence-corrected chi connectivity index (χ1v) is 10.2. The quantitative estimate of drug-likeness (QED) is 0.263. The van der Waals surface area contributed by atoms with Crippen molar-refractivity contribution >= 4 is 35.8 Å². The Kier molecular flexibility index (Phi) is 11.6. The number of halogens is 1. The third-order valence-corrected chi connectivity index (χ3v) is 5.82. The van der Waals surface area contributed by atoms with Crippen LogP contribution in [0.2, 0.25) is 0 Å². The van der Waals surface area contributed by atoms with Gasteiger partial charge in [-0.3, -0.25) is 14.7 Å². The highest BCUT2D eigenvalue weighted by atomic mass is 127. The number of likely N-dealkylation sites (N-methyl/N-ethyl adjacent to an activating group) is 2. The van der Waals surface area contributed by atoms with Crippen molar-refractivity contribution in [2.75, 3.05) is 67.1 Å². The lowest BCUT2D eigenvalue weighted by atomic mass is 9.89. The molecule has 0 saturated carbocycles. The fourth-order valence-corrected chi connectivity index (χ4v) is 3.76. The van der Waals surface area contributed by atoms with Crippen LogP contribution in [-0.2, 0) is 9.53 Å². The summed E-state index contributed by atoms with van der Waals surface area (Å²) in [5, 5.41) is 9.69. The number of guanidine groups is 1. The number of rotatable bonds is 7. The molecule has 2 rings (SSSR count). The normalized spacial score (nSPS) is 21.1. The Morgan fingerprint density at radius 2 is 1.89 bits per heavy atom. The minimum atomic E-state index is 0. The van der Waals surface area contributed by atoms with E-state index in [1.165, 1.54) is 0 Å².